The van der Waals surface area contributed by atoms with Crippen LogP contribution < -0.4 is 5.32 Å². The molecule has 3 rings (SSSR count). The number of fused-ring (bicyclic) bond motifs is 1. The van der Waals surface area contributed by atoms with Gasteiger partial charge < -0.3 is 10.4 Å². The number of carboxylic acids is 1. The maximum Gasteiger partial charge on any atom is 0.312 e. The molecule has 0 radical (unpaired) electrons. The zero-order valence-corrected chi connectivity index (χ0v) is 12.1. The van der Waals surface area contributed by atoms with Gasteiger partial charge in [0.25, 0.3) is 0 Å². The van der Waals surface area contributed by atoms with E-state index in [-0.39, 0.29) is 5.82 Å². The predicted octanol–water partition coefficient (Wildman–Crippen LogP) is 3.05. The van der Waals surface area contributed by atoms with Crippen molar-refractivity contribution in [1.82, 2.24) is 4.98 Å². The van der Waals surface area contributed by atoms with Gasteiger partial charge in [-0.2, -0.15) is 0 Å². The van der Waals surface area contributed by atoms with Gasteiger partial charge in [0.05, 0.1) is 5.69 Å². The Kier molecular flexibility index (Phi) is 3.88. The summed E-state index contributed by atoms with van der Waals surface area (Å²) in [7, 11) is 0. The van der Waals surface area contributed by atoms with Crippen LogP contribution in [-0.2, 0) is 17.6 Å². The number of nitrogens with one attached hydrogen (secondary N) is 1. The van der Waals surface area contributed by atoms with Crippen molar-refractivity contribution >= 4 is 22.4 Å². The summed E-state index contributed by atoms with van der Waals surface area (Å²) in [5.41, 5.74) is 1.36. The highest BCUT2D eigenvalue weighted by Gasteiger charge is 2.32. The minimum absolute atomic E-state index is 0.202. The number of carbonyl (C=O) groups is 1. The Bertz CT molecular complexity index is 671. The van der Waals surface area contributed by atoms with Crippen LogP contribution >= 0.6 is 11.3 Å². The molecule has 0 bridgehead atoms. The molecule has 0 saturated heterocycles. The number of aryl methyl sites for hydroxylation is 1. The number of halogens is 1. The number of carboxylic acid groups (broad SMARTS) is 1. The third kappa shape index (κ3) is 2.90. The Morgan fingerprint density at radius 3 is 3.05 bits per heavy atom. The lowest BCUT2D eigenvalue weighted by atomic mass is 10.1. The summed E-state index contributed by atoms with van der Waals surface area (Å²) >= 11 is 1.50. The number of nitrogens with zero attached hydrogens (tertiary/aromatic N) is 1. The van der Waals surface area contributed by atoms with Crippen molar-refractivity contribution < 1.29 is 14.3 Å². The molecule has 4 nitrogen and oxygen atoms in total. The zero-order valence-electron chi connectivity index (χ0n) is 11.3. The first kappa shape index (κ1) is 14.0. The molecule has 1 aromatic carbocycles. The van der Waals surface area contributed by atoms with Crippen molar-refractivity contribution in [2.75, 3.05) is 11.9 Å². The van der Waals surface area contributed by atoms with E-state index in [1.165, 1.54) is 17.4 Å². The standard InChI is InChI=1S/C15H15FN2O2S/c16-11-4-2-1-3-9(11)7-8-17-15-18-13-10(14(19)20)5-6-12(13)21-15/h1-4,10H,5-8H2,(H,17,18)(H,19,20). The SMILES string of the molecule is O=C(O)C1CCc2sc(NCCc3ccccc3F)nc21. The second-order valence-electron chi connectivity index (χ2n) is 5.03. The fourth-order valence-electron chi connectivity index (χ4n) is 2.55. The molecular weight excluding hydrogens is 291 g/mol. The molecule has 1 aliphatic rings. The van der Waals surface area contributed by atoms with Gasteiger partial charge in [0.15, 0.2) is 5.13 Å². The van der Waals surface area contributed by atoms with Crippen LogP contribution in [0.3, 0.4) is 0 Å². The molecule has 1 aliphatic carbocycles. The van der Waals surface area contributed by atoms with Gasteiger partial charge in [-0.3, -0.25) is 4.79 Å². The molecule has 110 valence electrons. The number of benzene rings is 1. The summed E-state index contributed by atoms with van der Waals surface area (Å²) in [4.78, 5) is 16.5. The molecule has 1 unspecified atom stereocenters. The monoisotopic (exact) mass is 306 g/mol. The minimum Gasteiger partial charge on any atom is -0.481 e. The number of hydrogen-bond donors (Lipinski definition) is 2. The Morgan fingerprint density at radius 1 is 1.48 bits per heavy atom. The van der Waals surface area contributed by atoms with Crippen LogP contribution in [0, 0.1) is 5.82 Å². The number of thiazole rings is 1. The summed E-state index contributed by atoms with van der Waals surface area (Å²) in [5.74, 6) is -1.48. The van der Waals surface area contributed by atoms with E-state index in [1.54, 1.807) is 12.1 Å². The zero-order chi connectivity index (χ0) is 14.8. The maximum absolute atomic E-state index is 13.5. The number of rotatable bonds is 5. The Balaban J connectivity index is 1.61. The quantitative estimate of drug-likeness (QED) is 0.891. The van der Waals surface area contributed by atoms with Crippen LogP contribution in [0.15, 0.2) is 24.3 Å². The van der Waals surface area contributed by atoms with Gasteiger partial charge in [0.1, 0.15) is 11.7 Å². The van der Waals surface area contributed by atoms with Crippen LogP contribution in [0.1, 0.15) is 28.5 Å². The average molecular weight is 306 g/mol. The lowest BCUT2D eigenvalue weighted by molar-refractivity contribution is -0.138. The normalized spacial score (nSPS) is 16.7. The molecule has 21 heavy (non-hydrogen) atoms. The Labute approximate surface area is 125 Å². The van der Waals surface area contributed by atoms with Gasteiger partial charge in [0, 0.05) is 11.4 Å². The second-order valence-corrected chi connectivity index (χ2v) is 6.11. The van der Waals surface area contributed by atoms with Gasteiger partial charge in [-0.25, -0.2) is 9.37 Å². The Morgan fingerprint density at radius 2 is 2.29 bits per heavy atom. The molecule has 0 saturated carbocycles. The second kappa shape index (κ2) is 5.81. The predicted molar refractivity (Wildman–Crippen MR) is 79.4 cm³/mol. The molecule has 1 aromatic heterocycles. The van der Waals surface area contributed by atoms with Crippen LogP contribution in [0.4, 0.5) is 9.52 Å². The van der Waals surface area contributed by atoms with E-state index >= 15 is 0 Å². The van der Waals surface area contributed by atoms with E-state index in [4.69, 9.17) is 5.11 Å². The fourth-order valence-corrected chi connectivity index (χ4v) is 3.61. The first-order valence-corrected chi connectivity index (χ1v) is 7.66. The molecule has 1 atom stereocenters. The topological polar surface area (TPSA) is 62.2 Å². The summed E-state index contributed by atoms with van der Waals surface area (Å²) in [6.07, 6.45) is 1.98. The molecule has 2 N–H and O–H groups in total. The number of hydrogen-bond acceptors (Lipinski definition) is 4. The maximum atomic E-state index is 13.5. The fraction of sp³-hybridized carbons (Fsp3) is 0.333. The molecule has 0 amide bonds. The smallest absolute Gasteiger partial charge is 0.312 e. The van der Waals surface area contributed by atoms with Crippen molar-refractivity contribution in [1.29, 1.82) is 0 Å². The van der Waals surface area contributed by atoms with E-state index in [0.29, 0.717) is 30.6 Å². The first-order valence-electron chi connectivity index (χ1n) is 6.85. The molecule has 0 fully saturated rings. The highest BCUT2D eigenvalue weighted by molar-refractivity contribution is 7.15. The molecule has 0 spiro atoms. The van der Waals surface area contributed by atoms with Gasteiger partial charge in [0.2, 0.25) is 0 Å². The summed E-state index contributed by atoms with van der Waals surface area (Å²) in [6.45, 7) is 0.574. The molecule has 6 heteroatoms. The molecule has 0 aliphatic heterocycles. The van der Waals surface area contributed by atoms with Crippen LogP contribution in [-0.4, -0.2) is 22.6 Å². The van der Waals surface area contributed by atoms with Gasteiger partial charge >= 0.3 is 5.97 Å². The van der Waals surface area contributed by atoms with E-state index in [1.807, 2.05) is 6.07 Å². The van der Waals surface area contributed by atoms with Gasteiger partial charge in [-0.05, 0) is 30.9 Å². The summed E-state index contributed by atoms with van der Waals surface area (Å²) in [5, 5.41) is 13.0. The van der Waals surface area contributed by atoms with Crippen LogP contribution in [0.5, 0.6) is 0 Å². The molecular formula is C15H15FN2O2S. The van der Waals surface area contributed by atoms with Gasteiger partial charge in [-0.15, -0.1) is 11.3 Å². The van der Waals surface area contributed by atoms with E-state index in [0.717, 1.165) is 16.4 Å². The third-order valence-electron chi connectivity index (χ3n) is 3.64. The lowest BCUT2D eigenvalue weighted by Gasteiger charge is -2.05. The summed E-state index contributed by atoms with van der Waals surface area (Å²) < 4.78 is 13.5. The number of aromatic nitrogens is 1. The molecule has 2 aromatic rings. The van der Waals surface area contributed by atoms with Crippen molar-refractivity contribution in [2.45, 2.75) is 25.2 Å². The number of anilines is 1. The van der Waals surface area contributed by atoms with Crippen molar-refractivity contribution in [2.24, 2.45) is 0 Å². The van der Waals surface area contributed by atoms with Crippen LogP contribution in [0.2, 0.25) is 0 Å². The highest BCUT2D eigenvalue weighted by Crippen LogP contribution is 2.38. The number of aliphatic carboxylic acids is 1. The highest BCUT2D eigenvalue weighted by atomic mass is 32.1. The molecule has 1 heterocycles. The first-order chi connectivity index (χ1) is 10.1. The van der Waals surface area contributed by atoms with E-state index in [2.05, 4.69) is 10.3 Å². The van der Waals surface area contributed by atoms with Crippen molar-refractivity contribution in [3.05, 3.63) is 46.2 Å². The van der Waals surface area contributed by atoms with Crippen molar-refractivity contribution in [3.63, 3.8) is 0 Å². The van der Waals surface area contributed by atoms with E-state index in [9.17, 15) is 9.18 Å². The largest absolute Gasteiger partial charge is 0.481 e. The lowest BCUT2D eigenvalue weighted by Crippen LogP contribution is -2.10. The van der Waals surface area contributed by atoms with Crippen LogP contribution in [0.25, 0.3) is 0 Å². The minimum atomic E-state index is -0.808. The van der Waals surface area contributed by atoms with E-state index < -0.39 is 11.9 Å². The van der Waals surface area contributed by atoms with Gasteiger partial charge in [-0.1, -0.05) is 18.2 Å². The summed E-state index contributed by atoms with van der Waals surface area (Å²) in [6, 6.07) is 6.70. The average Bonchev–Trinajstić information content (AvgIpc) is 3.00. The third-order valence-corrected chi connectivity index (χ3v) is 4.73. The van der Waals surface area contributed by atoms with Crippen molar-refractivity contribution in [3.8, 4) is 0 Å². The Hall–Kier alpha value is -1.95.